The molecule has 2 bridgehead atoms. The van der Waals surface area contributed by atoms with Crippen molar-refractivity contribution in [3.63, 3.8) is 0 Å². The molecule has 5 nitrogen and oxygen atoms in total. The number of H-pyrrole nitrogens is 1. The number of amides is 1. The third-order valence-corrected chi connectivity index (χ3v) is 5.23. The Morgan fingerprint density at radius 3 is 2.92 bits per heavy atom. The summed E-state index contributed by atoms with van der Waals surface area (Å²) in [5, 5.41) is 3.62. The van der Waals surface area contributed by atoms with Crippen LogP contribution in [0.5, 0.6) is 0 Å². The summed E-state index contributed by atoms with van der Waals surface area (Å²) in [6.45, 7) is 0.756. The summed E-state index contributed by atoms with van der Waals surface area (Å²) in [5.41, 5.74) is 0.523. The topological polar surface area (TPSA) is 74.8 Å². The molecular formula is C19H21N3O2. The molecular weight excluding hydrogens is 302 g/mol. The lowest BCUT2D eigenvalue weighted by atomic mass is 9.93. The number of allylic oxidation sites excluding steroid dienone is 2. The molecule has 0 radical (unpaired) electrons. The number of nitrogens with zero attached hydrogens (tertiary/aromatic N) is 1. The summed E-state index contributed by atoms with van der Waals surface area (Å²) in [6.07, 6.45) is 7.85. The highest BCUT2D eigenvalue weighted by Gasteiger charge is 2.35. The predicted octanol–water partition coefficient (Wildman–Crippen LogP) is 2.18. The van der Waals surface area contributed by atoms with Crippen molar-refractivity contribution < 1.29 is 4.79 Å². The maximum atomic E-state index is 12.1. The van der Waals surface area contributed by atoms with E-state index in [0.717, 1.165) is 12.5 Å². The number of rotatable bonds is 5. The van der Waals surface area contributed by atoms with Crippen molar-refractivity contribution in [1.82, 2.24) is 15.3 Å². The minimum Gasteiger partial charge on any atom is -0.356 e. The fourth-order valence-corrected chi connectivity index (χ4v) is 3.95. The molecule has 1 aromatic heterocycles. The lowest BCUT2D eigenvalue weighted by Gasteiger charge is -2.18. The normalized spacial score (nSPS) is 24.6. The van der Waals surface area contributed by atoms with E-state index in [0.29, 0.717) is 41.4 Å². The van der Waals surface area contributed by atoms with E-state index in [4.69, 9.17) is 0 Å². The number of carbonyl (C=O) groups excluding carboxylic acids is 1. The number of aryl methyl sites for hydroxylation is 1. The van der Waals surface area contributed by atoms with Crippen LogP contribution in [-0.2, 0) is 11.2 Å². The van der Waals surface area contributed by atoms with Gasteiger partial charge in [0.15, 0.2) is 0 Å². The number of nitrogens with one attached hydrogen (secondary N) is 2. The third kappa shape index (κ3) is 2.98. The lowest BCUT2D eigenvalue weighted by molar-refractivity contribution is -0.121. The fraction of sp³-hybridized carbons (Fsp3) is 0.421. The molecule has 4 rings (SSSR count). The second kappa shape index (κ2) is 6.23. The van der Waals surface area contributed by atoms with Crippen LogP contribution >= 0.6 is 0 Å². The molecule has 1 heterocycles. The Morgan fingerprint density at radius 2 is 2.12 bits per heavy atom. The molecule has 0 spiro atoms. The average molecular weight is 323 g/mol. The molecule has 0 saturated heterocycles. The van der Waals surface area contributed by atoms with Crippen LogP contribution in [-0.4, -0.2) is 22.4 Å². The maximum Gasteiger partial charge on any atom is 0.258 e. The van der Waals surface area contributed by atoms with Crippen LogP contribution in [0.3, 0.4) is 0 Å². The van der Waals surface area contributed by atoms with E-state index in [1.807, 2.05) is 18.2 Å². The largest absolute Gasteiger partial charge is 0.356 e. The Labute approximate surface area is 140 Å². The Bertz CT molecular complexity index is 855. The summed E-state index contributed by atoms with van der Waals surface area (Å²) >= 11 is 0. The van der Waals surface area contributed by atoms with Gasteiger partial charge < -0.3 is 10.3 Å². The number of benzene rings is 1. The Hall–Kier alpha value is -2.43. The van der Waals surface area contributed by atoms with Gasteiger partial charge in [0.2, 0.25) is 5.91 Å². The predicted molar refractivity (Wildman–Crippen MR) is 92.5 cm³/mol. The molecule has 124 valence electrons. The first kappa shape index (κ1) is 15.1. The minimum atomic E-state index is -0.148. The zero-order valence-electron chi connectivity index (χ0n) is 13.5. The second-order valence-electron chi connectivity index (χ2n) is 6.87. The number of aromatic nitrogens is 2. The van der Waals surface area contributed by atoms with Crippen molar-refractivity contribution in [2.75, 3.05) is 6.54 Å². The van der Waals surface area contributed by atoms with Gasteiger partial charge in [-0.15, -0.1) is 0 Å². The Morgan fingerprint density at radius 1 is 1.25 bits per heavy atom. The van der Waals surface area contributed by atoms with Crippen LogP contribution in [0.1, 0.15) is 25.1 Å². The highest BCUT2D eigenvalue weighted by atomic mass is 16.1. The molecule has 2 aliphatic rings. The van der Waals surface area contributed by atoms with E-state index in [-0.39, 0.29) is 11.5 Å². The van der Waals surface area contributed by atoms with E-state index < -0.39 is 0 Å². The molecule has 24 heavy (non-hydrogen) atoms. The van der Waals surface area contributed by atoms with Gasteiger partial charge in [0.25, 0.3) is 5.56 Å². The average Bonchev–Trinajstić information content (AvgIpc) is 3.21. The SMILES string of the molecule is O=C(CCc1nc2ccccc2c(=O)[nH]1)NC[C@@H]1C[C@H]2C=C[C@@H]1C2. The van der Waals surface area contributed by atoms with Crippen molar-refractivity contribution in [3.05, 3.63) is 52.6 Å². The van der Waals surface area contributed by atoms with Crippen molar-refractivity contribution in [2.45, 2.75) is 25.7 Å². The van der Waals surface area contributed by atoms with Gasteiger partial charge in [-0.25, -0.2) is 4.98 Å². The van der Waals surface area contributed by atoms with Gasteiger partial charge in [0.1, 0.15) is 5.82 Å². The molecule has 1 saturated carbocycles. The van der Waals surface area contributed by atoms with E-state index >= 15 is 0 Å². The maximum absolute atomic E-state index is 12.1. The van der Waals surface area contributed by atoms with Crippen LogP contribution in [0.2, 0.25) is 0 Å². The van der Waals surface area contributed by atoms with Crippen molar-refractivity contribution in [3.8, 4) is 0 Å². The van der Waals surface area contributed by atoms with E-state index in [1.165, 1.54) is 12.8 Å². The number of para-hydroxylation sites is 1. The standard InChI is InChI=1S/C19H21N3O2/c23-18(20-11-14-10-12-5-6-13(14)9-12)8-7-17-21-16-4-2-1-3-15(16)19(24)22-17/h1-6,12-14H,7-11H2,(H,20,23)(H,21,22,24)/t12-,13+,14-/m0/s1. The lowest BCUT2D eigenvalue weighted by Crippen LogP contribution is -2.31. The quantitative estimate of drug-likeness (QED) is 0.828. The van der Waals surface area contributed by atoms with Gasteiger partial charge in [-0.05, 0) is 42.7 Å². The Kier molecular flexibility index (Phi) is 3.92. The van der Waals surface area contributed by atoms with Gasteiger partial charge in [0.05, 0.1) is 10.9 Å². The summed E-state index contributed by atoms with van der Waals surface area (Å²) in [4.78, 5) is 31.3. The molecule has 2 aromatic rings. The van der Waals surface area contributed by atoms with Gasteiger partial charge in [-0.3, -0.25) is 9.59 Å². The van der Waals surface area contributed by atoms with Gasteiger partial charge in [-0.2, -0.15) is 0 Å². The first-order chi connectivity index (χ1) is 11.7. The number of aromatic amines is 1. The first-order valence-corrected chi connectivity index (χ1v) is 8.62. The zero-order valence-corrected chi connectivity index (χ0v) is 13.5. The van der Waals surface area contributed by atoms with Crippen LogP contribution in [0.4, 0.5) is 0 Å². The van der Waals surface area contributed by atoms with Gasteiger partial charge in [0, 0.05) is 19.4 Å². The van der Waals surface area contributed by atoms with Crippen LogP contribution < -0.4 is 10.9 Å². The molecule has 1 fully saturated rings. The summed E-state index contributed by atoms with van der Waals surface area (Å²) in [7, 11) is 0. The molecule has 0 aliphatic heterocycles. The smallest absolute Gasteiger partial charge is 0.258 e. The van der Waals surface area contributed by atoms with Crippen LogP contribution in [0.25, 0.3) is 10.9 Å². The fourth-order valence-electron chi connectivity index (χ4n) is 3.95. The first-order valence-electron chi connectivity index (χ1n) is 8.62. The highest BCUT2D eigenvalue weighted by molar-refractivity contribution is 5.78. The van der Waals surface area contributed by atoms with Crippen molar-refractivity contribution >= 4 is 16.8 Å². The van der Waals surface area contributed by atoms with Gasteiger partial charge in [-0.1, -0.05) is 24.3 Å². The second-order valence-corrected chi connectivity index (χ2v) is 6.87. The molecule has 5 heteroatoms. The molecule has 3 atom stereocenters. The summed E-state index contributed by atoms with van der Waals surface area (Å²) in [6, 6.07) is 7.24. The zero-order chi connectivity index (χ0) is 16.5. The minimum absolute atomic E-state index is 0.0255. The third-order valence-electron chi connectivity index (χ3n) is 5.23. The van der Waals surface area contributed by atoms with Crippen molar-refractivity contribution in [1.29, 1.82) is 0 Å². The molecule has 0 unspecified atom stereocenters. The number of hydrogen-bond acceptors (Lipinski definition) is 3. The van der Waals surface area contributed by atoms with Crippen LogP contribution in [0, 0.1) is 17.8 Å². The highest BCUT2D eigenvalue weighted by Crippen LogP contribution is 2.42. The monoisotopic (exact) mass is 323 g/mol. The summed E-state index contributed by atoms with van der Waals surface area (Å²) in [5.74, 6) is 2.55. The number of hydrogen-bond donors (Lipinski definition) is 2. The molecule has 1 aromatic carbocycles. The van der Waals surface area contributed by atoms with E-state index in [9.17, 15) is 9.59 Å². The number of fused-ring (bicyclic) bond motifs is 3. The van der Waals surface area contributed by atoms with E-state index in [2.05, 4.69) is 27.4 Å². The van der Waals surface area contributed by atoms with Gasteiger partial charge >= 0.3 is 0 Å². The van der Waals surface area contributed by atoms with Crippen LogP contribution in [0.15, 0.2) is 41.2 Å². The Balaban J connectivity index is 1.32. The van der Waals surface area contributed by atoms with Crippen molar-refractivity contribution in [2.24, 2.45) is 17.8 Å². The number of carbonyl (C=O) groups is 1. The summed E-state index contributed by atoms with van der Waals surface area (Å²) < 4.78 is 0. The molecule has 2 N–H and O–H groups in total. The molecule has 2 aliphatic carbocycles. The molecule has 1 amide bonds. The van der Waals surface area contributed by atoms with E-state index in [1.54, 1.807) is 6.07 Å².